The van der Waals surface area contributed by atoms with E-state index in [0.29, 0.717) is 40.8 Å². The van der Waals surface area contributed by atoms with Crippen LogP contribution in [0.25, 0.3) is 10.9 Å². The van der Waals surface area contributed by atoms with E-state index in [4.69, 9.17) is 16.3 Å². The minimum absolute atomic E-state index is 0.0951. The number of thioether (sulfide) groups is 1. The highest BCUT2D eigenvalue weighted by molar-refractivity contribution is 8.00. The number of ether oxygens (including phenoxy) is 1. The summed E-state index contributed by atoms with van der Waals surface area (Å²) in [6.07, 6.45) is 2.98. The summed E-state index contributed by atoms with van der Waals surface area (Å²) in [6.45, 7) is 5.41. The van der Waals surface area contributed by atoms with Crippen molar-refractivity contribution in [2.24, 2.45) is 0 Å². The molecular formula is C19H26ClN3O3S. The van der Waals surface area contributed by atoms with Gasteiger partial charge in [-0.05, 0) is 31.5 Å². The molecule has 1 N–H and O–H groups in total. The average molecular weight is 412 g/mol. The second-order valence-corrected chi connectivity index (χ2v) is 8.01. The zero-order chi connectivity index (χ0) is 19.8. The number of rotatable bonds is 10. The number of hydrogen-bond donors (Lipinski definition) is 1. The van der Waals surface area contributed by atoms with Crippen molar-refractivity contribution in [3.8, 4) is 0 Å². The summed E-state index contributed by atoms with van der Waals surface area (Å²) in [6, 6.07) is 5.09. The maximum absolute atomic E-state index is 13.0. The monoisotopic (exact) mass is 411 g/mol. The summed E-state index contributed by atoms with van der Waals surface area (Å²) in [5.41, 5.74) is 0.455. The van der Waals surface area contributed by atoms with E-state index in [-0.39, 0.29) is 16.7 Å². The van der Waals surface area contributed by atoms with Crippen LogP contribution < -0.4 is 10.9 Å². The Kier molecular flexibility index (Phi) is 8.60. The Morgan fingerprint density at radius 3 is 2.89 bits per heavy atom. The fraction of sp³-hybridized carbons (Fsp3) is 0.526. The summed E-state index contributed by atoms with van der Waals surface area (Å²) >= 11 is 7.35. The highest BCUT2D eigenvalue weighted by atomic mass is 35.5. The molecule has 0 saturated heterocycles. The van der Waals surface area contributed by atoms with E-state index in [0.717, 1.165) is 19.3 Å². The van der Waals surface area contributed by atoms with Gasteiger partial charge in [0, 0.05) is 25.2 Å². The third-order valence-electron chi connectivity index (χ3n) is 4.12. The summed E-state index contributed by atoms with van der Waals surface area (Å²) in [5.74, 6) is -0.113. The van der Waals surface area contributed by atoms with Crippen LogP contribution in [0.3, 0.4) is 0 Å². The maximum atomic E-state index is 13.0. The fourth-order valence-electron chi connectivity index (χ4n) is 2.61. The van der Waals surface area contributed by atoms with E-state index in [1.807, 2.05) is 0 Å². The number of methoxy groups -OCH3 is 1. The lowest BCUT2D eigenvalue weighted by molar-refractivity contribution is -0.120. The quantitative estimate of drug-likeness (QED) is 0.368. The van der Waals surface area contributed by atoms with Gasteiger partial charge in [0.15, 0.2) is 5.16 Å². The van der Waals surface area contributed by atoms with Crippen LogP contribution in [0, 0.1) is 0 Å². The molecule has 1 amide bonds. The predicted molar refractivity (Wildman–Crippen MR) is 111 cm³/mol. The molecule has 0 fully saturated rings. The van der Waals surface area contributed by atoms with Crippen LogP contribution in [0.1, 0.15) is 33.1 Å². The van der Waals surface area contributed by atoms with Crippen LogP contribution in [0.5, 0.6) is 0 Å². The van der Waals surface area contributed by atoms with Gasteiger partial charge in [-0.15, -0.1) is 0 Å². The Morgan fingerprint density at radius 2 is 2.19 bits per heavy atom. The van der Waals surface area contributed by atoms with Crippen molar-refractivity contribution >= 4 is 40.2 Å². The lowest BCUT2D eigenvalue weighted by Gasteiger charge is -2.16. The van der Waals surface area contributed by atoms with Gasteiger partial charge in [-0.3, -0.25) is 14.2 Å². The lowest BCUT2D eigenvalue weighted by atomic mass is 10.2. The molecule has 27 heavy (non-hydrogen) atoms. The minimum atomic E-state index is -0.386. The van der Waals surface area contributed by atoms with E-state index >= 15 is 0 Å². The first-order chi connectivity index (χ1) is 13.0. The Labute approximate surface area is 168 Å². The molecule has 0 aliphatic heterocycles. The fourth-order valence-corrected chi connectivity index (χ4v) is 3.74. The summed E-state index contributed by atoms with van der Waals surface area (Å²) in [7, 11) is 1.59. The number of benzene rings is 1. The van der Waals surface area contributed by atoms with Gasteiger partial charge in [0.05, 0.1) is 22.8 Å². The molecule has 0 saturated carbocycles. The molecule has 1 heterocycles. The summed E-state index contributed by atoms with van der Waals surface area (Å²) in [5, 5.41) is 4.04. The van der Waals surface area contributed by atoms with Gasteiger partial charge in [0.1, 0.15) is 0 Å². The molecule has 1 aromatic heterocycles. The van der Waals surface area contributed by atoms with E-state index < -0.39 is 0 Å². The van der Waals surface area contributed by atoms with Gasteiger partial charge < -0.3 is 10.1 Å². The number of aromatic nitrogens is 2. The lowest BCUT2D eigenvalue weighted by Crippen LogP contribution is -2.34. The number of carbonyl (C=O) groups is 1. The van der Waals surface area contributed by atoms with Crippen molar-refractivity contribution in [3.63, 3.8) is 0 Å². The van der Waals surface area contributed by atoms with Gasteiger partial charge in [0.2, 0.25) is 5.91 Å². The van der Waals surface area contributed by atoms with E-state index in [1.165, 1.54) is 11.8 Å². The highest BCUT2D eigenvalue weighted by Gasteiger charge is 2.19. The van der Waals surface area contributed by atoms with Crippen molar-refractivity contribution < 1.29 is 9.53 Å². The second-order valence-electron chi connectivity index (χ2n) is 6.26. The molecule has 2 rings (SSSR count). The van der Waals surface area contributed by atoms with Crippen molar-refractivity contribution in [3.05, 3.63) is 33.6 Å². The Bertz CT molecular complexity index is 841. The van der Waals surface area contributed by atoms with Gasteiger partial charge in [-0.1, -0.05) is 43.1 Å². The van der Waals surface area contributed by atoms with Crippen LogP contribution in [-0.2, 0) is 16.1 Å². The molecule has 0 aliphatic rings. The third-order valence-corrected chi connectivity index (χ3v) is 5.45. The number of amides is 1. The molecule has 8 heteroatoms. The first kappa shape index (κ1) is 21.7. The molecule has 0 radical (unpaired) electrons. The zero-order valence-electron chi connectivity index (χ0n) is 16.0. The van der Waals surface area contributed by atoms with Crippen molar-refractivity contribution in [1.82, 2.24) is 14.9 Å². The topological polar surface area (TPSA) is 73.2 Å². The average Bonchev–Trinajstić information content (AvgIpc) is 2.64. The maximum Gasteiger partial charge on any atom is 0.262 e. The minimum Gasteiger partial charge on any atom is -0.383 e. The number of fused-ring (bicyclic) bond motifs is 1. The standard InChI is InChI=1S/C19H26ClN3O3S/c1-4-5-6-10-23-18(25)15-8-7-14(20)12-16(15)22-19(23)27-13(2)17(24)21-9-11-26-3/h7-8,12-13H,4-6,9-11H2,1-3H3,(H,21,24)/t13-/m1/s1. The predicted octanol–water partition coefficient (Wildman–Crippen LogP) is 3.48. The molecule has 0 spiro atoms. The van der Waals surface area contributed by atoms with Crippen LogP contribution >= 0.6 is 23.4 Å². The Hall–Kier alpha value is -1.57. The van der Waals surface area contributed by atoms with E-state index in [2.05, 4.69) is 17.2 Å². The van der Waals surface area contributed by atoms with Crippen LogP contribution in [0.2, 0.25) is 5.02 Å². The number of nitrogens with zero attached hydrogens (tertiary/aromatic N) is 2. The molecule has 6 nitrogen and oxygen atoms in total. The first-order valence-corrected chi connectivity index (χ1v) is 10.4. The van der Waals surface area contributed by atoms with Gasteiger partial charge in [-0.25, -0.2) is 4.98 Å². The molecular weight excluding hydrogens is 386 g/mol. The van der Waals surface area contributed by atoms with E-state index in [1.54, 1.807) is 36.8 Å². The Balaban J connectivity index is 2.32. The third kappa shape index (κ3) is 5.96. The molecule has 1 aromatic carbocycles. The molecule has 0 aliphatic carbocycles. The normalized spacial score (nSPS) is 12.3. The summed E-state index contributed by atoms with van der Waals surface area (Å²) in [4.78, 5) is 29.9. The second kappa shape index (κ2) is 10.7. The number of carbonyl (C=O) groups excluding carboxylic acids is 1. The SMILES string of the molecule is CCCCCn1c(S[C@H](C)C(=O)NCCOC)nc2cc(Cl)ccc2c1=O. The number of unbranched alkanes of at least 4 members (excludes halogenated alkanes) is 2. The molecule has 2 aromatic rings. The van der Waals surface area contributed by atoms with Gasteiger partial charge in [-0.2, -0.15) is 0 Å². The van der Waals surface area contributed by atoms with Crippen LogP contribution in [-0.4, -0.2) is 41.0 Å². The highest BCUT2D eigenvalue weighted by Crippen LogP contribution is 2.24. The largest absolute Gasteiger partial charge is 0.383 e. The molecule has 0 unspecified atom stereocenters. The van der Waals surface area contributed by atoms with Crippen LogP contribution in [0.15, 0.2) is 28.2 Å². The Morgan fingerprint density at radius 1 is 1.41 bits per heavy atom. The number of halogens is 1. The van der Waals surface area contributed by atoms with Crippen molar-refractivity contribution in [2.45, 2.75) is 50.1 Å². The zero-order valence-corrected chi connectivity index (χ0v) is 17.5. The molecule has 1 atom stereocenters. The van der Waals surface area contributed by atoms with Gasteiger partial charge in [0.25, 0.3) is 5.56 Å². The van der Waals surface area contributed by atoms with Crippen molar-refractivity contribution in [2.75, 3.05) is 20.3 Å². The number of hydrogen-bond acceptors (Lipinski definition) is 5. The van der Waals surface area contributed by atoms with Gasteiger partial charge >= 0.3 is 0 Å². The van der Waals surface area contributed by atoms with E-state index in [9.17, 15) is 9.59 Å². The van der Waals surface area contributed by atoms with Crippen molar-refractivity contribution in [1.29, 1.82) is 0 Å². The number of nitrogens with one attached hydrogen (secondary N) is 1. The summed E-state index contributed by atoms with van der Waals surface area (Å²) < 4.78 is 6.62. The smallest absolute Gasteiger partial charge is 0.262 e. The van der Waals surface area contributed by atoms with Crippen LogP contribution in [0.4, 0.5) is 0 Å². The molecule has 0 bridgehead atoms. The molecule has 148 valence electrons. The first-order valence-electron chi connectivity index (χ1n) is 9.11.